The molecule has 27 heavy (non-hydrogen) atoms. The van der Waals surface area contributed by atoms with Crippen LogP contribution >= 0.6 is 23.1 Å². The molecule has 0 amide bonds. The minimum atomic E-state index is 0.0903. The summed E-state index contributed by atoms with van der Waals surface area (Å²) in [7, 11) is 1.83. The quantitative estimate of drug-likeness (QED) is 0.386. The van der Waals surface area contributed by atoms with Crippen LogP contribution in [-0.4, -0.2) is 18.9 Å². The number of nitrogens with zero attached hydrogens (tertiary/aromatic N) is 4. The Morgan fingerprint density at radius 3 is 2.93 bits per heavy atom. The summed E-state index contributed by atoms with van der Waals surface area (Å²) in [5, 5.41) is 1.61. The molecule has 0 N–H and O–H groups in total. The topological polar surface area (TPSA) is 52.2 Å². The fourth-order valence-electron chi connectivity index (χ4n) is 3.76. The number of pyridine rings is 1. The van der Waals surface area contributed by atoms with E-state index in [0.29, 0.717) is 5.75 Å². The van der Waals surface area contributed by atoms with Crippen LogP contribution in [0.3, 0.4) is 0 Å². The molecule has 4 heterocycles. The van der Waals surface area contributed by atoms with E-state index >= 15 is 0 Å². The molecule has 5 rings (SSSR count). The number of aryl methyl sites for hydroxylation is 3. The van der Waals surface area contributed by atoms with Gasteiger partial charge in [-0.1, -0.05) is 17.8 Å². The largest absolute Gasteiger partial charge is 0.307 e. The van der Waals surface area contributed by atoms with Gasteiger partial charge in [-0.3, -0.25) is 9.36 Å². The number of fused-ring (bicyclic) bond motifs is 4. The van der Waals surface area contributed by atoms with E-state index in [1.807, 2.05) is 17.5 Å². The molecule has 0 fully saturated rings. The van der Waals surface area contributed by atoms with Gasteiger partial charge in [0.05, 0.1) is 11.1 Å². The minimum absolute atomic E-state index is 0.0903. The number of aromatic nitrogens is 4. The molecule has 0 unspecified atom stereocenters. The Hall–Kier alpha value is -2.12. The van der Waals surface area contributed by atoms with Gasteiger partial charge < -0.3 is 4.40 Å². The summed E-state index contributed by atoms with van der Waals surface area (Å²) in [6.07, 6.45) is 8.62. The van der Waals surface area contributed by atoms with Gasteiger partial charge in [0.15, 0.2) is 5.16 Å². The SMILES string of the molecule is Cc1ccc2nc(CSc3nc4sc5c(c4c(=O)n3C)CCCC5)cn2c1. The minimum Gasteiger partial charge on any atom is -0.307 e. The lowest BCUT2D eigenvalue weighted by Crippen LogP contribution is -2.20. The van der Waals surface area contributed by atoms with E-state index in [0.717, 1.165) is 39.6 Å². The smallest absolute Gasteiger partial charge is 0.262 e. The van der Waals surface area contributed by atoms with Crippen molar-refractivity contribution in [3.8, 4) is 0 Å². The molecule has 0 aliphatic heterocycles. The number of hydrogen-bond donors (Lipinski definition) is 0. The first-order valence-corrected chi connectivity index (χ1v) is 11.0. The molecule has 0 atom stereocenters. The zero-order valence-electron chi connectivity index (χ0n) is 15.4. The first-order chi connectivity index (χ1) is 13.1. The van der Waals surface area contributed by atoms with Crippen LogP contribution in [0.5, 0.6) is 0 Å². The van der Waals surface area contributed by atoms with Crippen LogP contribution in [0.2, 0.25) is 0 Å². The Balaban J connectivity index is 1.49. The lowest BCUT2D eigenvalue weighted by atomic mass is 9.97. The lowest BCUT2D eigenvalue weighted by Gasteiger charge is -2.10. The Kier molecular flexibility index (Phi) is 4.09. The van der Waals surface area contributed by atoms with Crippen molar-refractivity contribution < 1.29 is 0 Å². The summed E-state index contributed by atoms with van der Waals surface area (Å²) < 4.78 is 3.75. The summed E-state index contributed by atoms with van der Waals surface area (Å²) in [4.78, 5) is 24.7. The van der Waals surface area contributed by atoms with Gasteiger partial charge in [-0.05, 0) is 49.8 Å². The van der Waals surface area contributed by atoms with Gasteiger partial charge in [-0.25, -0.2) is 9.97 Å². The van der Waals surface area contributed by atoms with Crippen LogP contribution in [0, 0.1) is 6.92 Å². The van der Waals surface area contributed by atoms with Crippen molar-refractivity contribution in [3.05, 3.63) is 56.6 Å². The second kappa shape index (κ2) is 6.49. The zero-order chi connectivity index (χ0) is 18.5. The fraction of sp³-hybridized carbons (Fsp3) is 0.350. The predicted octanol–water partition coefficient (Wildman–Crippen LogP) is 4.12. The molecule has 4 aromatic rings. The van der Waals surface area contributed by atoms with E-state index < -0.39 is 0 Å². The van der Waals surface area contributed by atoms with E-state index in [2.05, 4.69) is 30.4 Å². The molecule has 1 aliphatic carbocycles. The van der Waals surface area contributed by atoms with Crippen molar-refractivity contribution in [2.45, 2.75) is 43.5 Å². The van der Waals surface area contributed by atoms with Crippen LogP contribution in [0.25, 0.3) is 15.9 Å². The molecule has 0 saturated heterocycles. The van der Waals surface area contributed by atoms with Crippen molar-refractivity contribution in [1.29, 1.82) is 0 Å². The monoisotopic (exact) mass is 396 g/mol. The standard InChI is InChI=1S/C20H20N4OS2/c1-12-7-8-16-21-13(10-24(16)9-12)11-26-20-22-18-17(19(25)23(20)2)14-5-3-4-6-15(14)27-18/h7-10H,3-6,11H2,1-2H3. The van der Waals surface area contributed by atoms with Crippen LogP contribution < -0.4 is 5.56 Å². The maximum absolute atomic E-state index is 13.0. The van der Waals surface area contributed by atoms with Crippen molar-refractivity contribution >= 4 is 39.0 Å². The predicted molar refractivity (Wildman–Crippen MR) is 111 cm³/mol. The maximum atomic E-state index is 13.0. The number of thiophene rings is 1. The molecule has 5 nitrogen and oxygen atoms in total. The van der Waals surface area contributed by atoms with Crippen molar-refractivity contribution in [2.75, 3.05) is 0 Å². The highest BCUT2D eigenvalue weighted by molar-refractivity contribution is 7.98. The molecular formula is C20H20N4OS2. The van der Waals surface area contributed by atoms with Crippen LogP contribution in [0.15, 0.2) is 34.5 Å². The summed E-state index contributed by atoms with van der Waals surface area (Å²) in [6, 6.07) is 4.09. The first kappa shape index (κ1) is 17.0. The van der Waals surface area contributed by atoms with Crippen molar-refractivity contribution in [1.82, 2.24) is 18.9 Å². The van der Waals surface area contributed by atoms with E-state index in [9.17, 15) is 4.79 Å². The Labute approximate surface area is 165 Å². The second-order valence-electron chi connectivity index (χ2n) is 7.14. The number of rotatable bonds is 3. The van der Waals surface area contributed by atoms with Crippen molar-refractivity contribution in [2.24, 2.45) is 7.05 Å². The lowest BCUT2D eigenvalue weighted by molar-refractivity contribution is 0.695. The van der Waals surface area contributed by atoms with E-state index in [4.69, 9.17) is 4.98 Å². The zero-order valence-corrected chi connectivity index (χ0v) is 17.0. The van der Waals surface area contributed by atoms with Gasteiger partial charge in [0.25, 0.3) is 5.56 Å². The third-order valence-electron chi connectivity index (χ3n) is 5.15. The first-order valence-electron chi connectivity index (χ1n) is 9.18. The van der Waals surface area contributed by atoms with Gasteiger partial charge in [-0.2, -0.15) is 0 Å². The van der Waals surface area contributed by atoms with Gasteiger partial charge in [-0.15, -0.1) is 11.3 Å². The van der Waals surface area contributed by atoms with Gasteiger partial charge >= 0.3 is 0 Å². The summed E-state index contributed by atoms with van der Waals surface area (Å²) in [6.45, 7) is 2.07. The fourth-order valence-corrected chi connectivity index (χ4v) is 5.92. The highest BCUT2D eigenvalue weighted by Crippen LogP contribution is 2.34. The highest BCUT2D eigenvalue weighted by Gasteiger charge is 2.21. The van der Waals surface area contributed by atoms with Crippen LogP contribution in [0.1, 0.15) is 34.5 Å². The number of thioether (sulfide) groups is 1. The molecule has 0 aromatic carbocycles. The molecule has 0 radical (unpaired) electrons. The number of hydrogen-bond acceptors (Lipinski definition) is 5. The Bertz CT molecular complexity index is 1230. The van der Waals surface area contributed by atoms with Gasteiger partial charge in [0.1, 0.15) is 10.5 Å². The van der Waals surface area contributed by atoms with Gasteiger partial charge in [0, 0.05) is 30.1 Å². The number of imidazole rings is 1. The molecular weight excluding hydrogens is 376 g/mol. The van der Waals surface area contributed by atoms with E-state index in [-0.39, 0.29) is 5.56 Å². The normalized spacial score (nSPS) is 14.1. The maximum Gasteiger partial charge on any atom is 0.262 e. The summed E-state index contributed by atoms with van der Waals surface area (Å²) >= 11 is 3.28. The highest BCUT2D eigenvalue weighted by atomic mass is 32.2. The third-order valence-corrected chi connectivity index (χ3v) is 7.40. The molecule has 1 aliphatic rings. The summed E-state index contributed by atoms with van der Waals surface area (Å²) in [5.41, 5.74) is 4.48. The van der Waals surface area contributed by atoms with Crippen LogP contribution in [0.4, 0.5) is 0 Å². The molecule has 4 aromatic heterocycles. The average Bonchev–Trinajstić information content (AvgIpc) is 3.23. The third kappa shape index (κ3) is 2.89. The van der Waals surface area contributed by atoms with Crippen LogP contribution in [-0.2, 0) is 25.6 Å². The molecule has 0 saturated carbocycles. The van der Waals surface area contributed by atoms with Crippen molar-refractivity contribution in [3.63, 3.8) is 0 Å². The summed E-state index contributed by atoms with van der Waals surface area (Å²) in [5.74, 6) is 0.692. The average molecular weight is 397 g/mol. The second-order valence-corrected chi connectivity index (χ2v) is 9.17. The molecule has 0 bridgehead atoms. The Morgan fingerprint density at radius 1 is 1.19 bits per heavy atom. The molecule has 0 spiro atoms. The molecule has 7 heteroatoms. The Morgan fingerprint density at radius 2 is 2.04 bits per heavy atom. The van der Waals surface area contributed by atoms with E-state index in [1.54, 1.807) is 27.7 Å². The van der Waals surface area contributed by atoms with E-state index in [1.165, 1.54) is 28.8 Å². The van der Waals surface area contributed by atoms with Gasteiger partial charge in [0.2, 0.25) is 0 Å². The molecule has 138 valence electrons.